The van der Waals surface area contributed by atoms with Gasteiger partial charge in [-0.15, -0.1) is 0 Å². The fourth-order valence-electron chi connectivity index (χ4n) is 1.89. The third-order valence-electron chi connectivity index (χ3n) is 2.94. The van der Waals surface area contributed by atoms with Crippen LogP contribution in [0.4, 0.5) is 0 Å². The third-order valence-corrected chi connectivity index (χ3v) is 2.94. The highest BCUT2D eigenvalue weighted by atomic mass is 16.5. The maximum atomic E-state index is 11.0. The minimum atomic E-state index is 0.362. The fourth-order valence-corrected chi connectivity index (χ4v) is 1.89. The normalized spacial score (nSPS) is 10.0. The highest BCUT2D eigenvalue weighted by Crippen LogP contribution is 2.20. The molecule has 2 rings (SSSR count). The minimum absolute atomic E-state index is 0.362. The molecule has 0 atom stereocenters. The summed E-state index contributed by atoms with van der Waals surface area (Å²) in [5, 5.41) is 0. The minimum Gasteiger partial charge on any atom is -0.497 e. The molecule has 0 bridgehead atoms. The van der Waals surface area contributed by atoms with Crippen LogP contribution in [-0.2, 0) is 0 Å². The Labute approximate surface area is 124 Å². The maximum Gasteiger partial charge on any atom is 0.153 e. The van der Waals surface area contributed by atoms with Crippen LogP contribution in [0.25, 0.3) is 0 Å². The van der Waals surface area contributed by atoms with Gasteiger partial charge in [-0.3, -0.25) is 4.79 Å². The lowest BCUT2D eigenvalue weighted by atomic mass is 10.1. The molecule has 0 aliphatic carbocycles. The molecular formula is C17H18O4. The van der Waals surface area contributed by atoms with Crippen molar-refractivity contribution in [3.05, 3.63) is 53.6 Å². The SMILES string of the molecule is COc1cccc(OCCOc2ccc(C)cc2C=O)c1. The van der Waals surface area contributed by atoms with Crippen LogP contribution in [0.15, 0.2) is 42.5 Å². The Balaban J connectivity index is 1.85. The summed E-state index contributed by atoms with van der Waals surface area (Å²) in [6, 6.07) is 12.9. The van der Waals surface area contributed by atoms with Crippen molar-refractivity contribution >= 4 is 6.29 Å². The number of hydrogen-bond donors (Lipinski definition) is 0. The van der Waals surface area contributed by atoms with E-state index in [2.05, 4.69) is 0 Å². The summed E-state index contributed by atoms with van der Waals surface area (Å²) in [6.45, 7) is 2.68. The second-order valence-electron chi connectivity index (χ2n) is 4.54. The first-order valence-corrected chi connectivity index (χ1v) is 6.68. The maximum absolute atomic E-state index is 11.0. The van der Waals surface area contributed by atoms with Gasteiger partial charge in [-0.2, -0.15) is 0 Å². The van der Waals surface area contributed by atoms with E-state index in [4.69, 9.17) is 14.2 Å². The lowest BCUT2D eigenvalue weighted by Crippen LogP contribution is -2.10. The molecule has 2 aromatic carbocycles. The lowest BCUT2D eigenvalue weighted by molar-refractivity contribution is 0.111. The zero-order chi connectivity index (χ0) is 15.1. The summed E-state index contributed by atoms with van der Waals surface area (Å²) in [4.78, 5) is 11.0. The Morgan fingerprint density at radius 3 is 2.52 bits per heavy atom. The molecule has 0 aromatic heterocycles. The number of carbonyl (C=O) groups excluding carboxylic acids is 1. The lowest BCUT2D eigenvalue weighted by Gasteiger charge is -2.11. The van der Waals surface area contributed by atoms with Gasteiger partial charge in [-0.1, -0.05) is 17.7 Å². The molecule has 0 saturated heterocycles. The molecule has 110 valence electrons. The first kappa shape index (κ1) is 14.9. The van der Waals surface area contributed by atoms with E-state index in [1.807, 2.05) is 37.3 Å². The van der Waals surface area contributed by atoms with Crippen LogP contribution >= 0.6 is 0 Å². The van der Waals surface area contributed by atoms with Crippen molar-refractivity contribution in [3.63, 3.8) is 0 Å². The first-order valence-electron chi connectivity index (χ1n) is 6.68. The van der Waals surface area contributed by atoms with Gasteiger partial charge in [0.25, 0.3) is 0 Å². The summed E-state index contributed by atoms with van der Waals surface area (Å²) in [5.74, 6) is 2.04. The molecule has 0 saturated carbocycles. The van der Waals surface area contributed by atoms with Crippen molar-refractivity contribution in [2.24, 2.45) is 0 Å². The van der Waals surface area contributed by atoms with Crippen molar-refractivity contribution < 1.29 is 19.0 Å². The van der Waals surface area contributed by atoms with E-state index in [-0.39, 0.29) is 0 Å². The number of hydrogen-bond acceptors (Lipinski definition) is 4. The van der Waals surface area contributed by atoms with Gasteiger partial charge >= 0.3 is 0 Å². The molecule has 0 fully saturated rings. The van der Waals surface area contributed by atoms with Crippen LogP contribution in [0.2, 0.25) is 0 Å². The average Bonchev–Trinajstić information content (AvgIpc) is 2.52. The number of methoxy groups -OCH3 is 1. The van der Waals surface area contributed by atoms with Crippen LogP contribution < -0.4 is 14.2 Å². The van der Waals surface area contributed by atoms with E-state index in [0.29, 0.717) is 24.5 Å². The summed E-state index contributed by atoms with van der Waals surface area (Å²) in [6.07, 6.45) is 0.797. The van der Waals surface area contributed by atoms with Crippen LogP contribution in [-0.4, -0.2) is 26.6 Å². The molecule has 0 aliphatic heterocycles. The molecule has 4 heteroatoms. The third kappa shape index (κ3) is 4.24. The fraction of sp³-hybridized carbons (Fsp3) is 0.235. The predicted molar refractivity (Wildman–Crippen MR) is 80.6 cm³/mol. The predicted octanol–water partition coefficient (Wildman–Crippen LogP) is 3.27. The van der Waals surface area contributed by atoms with Gasteiger partial charge in [-0.05, 0) is 31.2 Å². The molecule has 0 amide bonds. The Hall–Kier alpha value is -2.49. The van der Waals surface area contributed by atoms with Crippen molar-refractivity contribution in [2.75, 3.05) is 20.3 Å². The van der Waals surface area contributed by atoms with Gasteiger partial charge in [0.15, 0.2) is 6.29 Å². The van der Waals surface area contributed by atoms with Gasteiger partial charge in [0.05, 0.1) is 12.7 Å². The molecule has 0 N–H and O–H groups in total. The number of carbonyl (C=O) groups is 1. The molecule has 0 aliphatic rings. The largest absolute Gasteiger partial charge is 0.497 e. The standard InChI is InChI=1S/C17H18O4/c1-13-6-7-17(14(10-13)12-18)21-9-8-20-16-5-3-4-15(11-16)19-2/h3-7,10-12H,8-9H2,1-2H3. The van der Waals surface area contributed by atoms with E-state index in [1.54, 1.807) is 19.2 Å². The second-order valence-corrected chi connectivity index (χ2v) is 4.54. The number of ether oxygens (including phenoxy) is 3. The van der Waals surface area contributed by atoms with Gasteiger partial charge in [0.1, 0.15) is 30.5 Å². The second kappa shape index (κ2) is 7.33. The van der Waals surface area contributed by atoms with Gasteiger partial charge in [-0.25, -0.2) is 0 Å². The number of benzene rings is 2. The molecule has 4 nitrogen and oxygen atoms in total. The Bertz CT molecular complexity index is 607. The highest BCUT2D eigenvalue weighted by Gasteiger charge is 2.03. The molecular weight excluding hydrogens is 268 g/mol. The van der Waals surface area contributed by atoms with Gasteiger partial charge in [0, 0.05) is 6.07 Å². The summed E-state index contributed by atoms with van der Waals surface area (Å²) in [7, 11) is 1.61. The first-order chi connectivity index (χ1) is 10.2. The van der Waals surface area contributed by atoms with Crippen molar-refractivity contribution in [2.45, 2.75) is 6.92 Å². The van der Waals surface area contributed by atoms with E-state index >= 15 is 0 Å². The number of aldehydes is 1. The zero-order valence-electron chi connectivity index (χ0n) is 12.2. The molecule has 0 unspecified atom stereocenters. The Morgan fingerprint density at radius 1 is 1.00 bits per heavy atom. The van der Waals surface area contributed by atoms with Crippen molar-refractivity contribution in [1.82, 2.24) is 0 Å². The number of aryl methyl sites for hydroxylation is 1. The van der Waals surface area contributed by atoms with Gasteiger partial charge in [0.2, 0.25) is 0 Å². The monoisotopic (exact) mass is 286 g/mol. The average molecular weight is 286 g/mol. The topological polar surface area (TPSA) is 44.8 Å². The Kier molecular flexibility index (Phi) is 5.21. The van der Waals surface area contributed by atoms with E-state index < -0.39 is 0 Å². The summed E-state index contributed by atoms with van der Waals surface area (Å²) < 4.78 is 16.3. The summed E-state index contributed by atoms with van der Waals surface area (Å²) in [5.41, 5.74) is 1.58. The van der Waals surface area contributed by atoms with Crippen LogP contribution in [0, 0.1) is 6.92 Å². The molecule has 0 radical (unpaired) electrons. The highest BCUT2D eigenvalue weighted by molar-refractivity contribution is 5.79. The Morgan fingerprint density at radius 2 is 1.76 bits per heavy atom. The van der Waals surface area contributed by atoms with Crippen molar-refractivity contribution in [1.29, 1.82) is 0 Å². The van der Waals surface area contributed by atoms with Gasteiger partial charge < -0.3 is 14.2 Å². The van der Waals surface area contributed by atoms with E-state index in [9.17, 15) is 4.79 Å². The quantitative estimate of drug-likeness (QED) is 0.579. The van der Waals surface area contributed by atoms with Crippen LogP contribution in [0.5, 0.6) is 17.2 Å². The van der Waals surface area contributed by atoms with E-state index in [1.165, 1.54) is 0 Å². The molecule has 0 spiro atoms. The van der Waals surface area contributed by atoms with Crippen molar-refractivity contribution in [3.8, 4) is 17.2 Å². The smallest absolute Gasteiger partial charge is 0.153 e. The zero-order valence-corrected chi connectivity index (χ0v) is 12.2. The number of rotatable bonds is 7. The van der Waals surface area contributed by atoms with Crippen LogP contribution in [0.1, 0.15) is 15.9 Å². The molecule has 0 heterocycles. The molecule has 21 heavy (non-hydrogen) atoms. The van der Waals surface area contributed by atoms with E-state index in [0.717, 1.165) is 23.3 Å². The molecule has 2 aromatic rings. The van der Waals surface area contributed by atoms with Crippen LogP contribution in [0.3, 0.4) is 0 Å². The summed E-state index contributed by atoms with van der Waals surface area (Å²) >= 11 is 0.